The van der Waals surface area contributed by atoms with E-state index in [9.17, 15) is 17.4 Å². The molecule has 1 N–H and O–H groups in total. The summed E-state index contributed by atoms with van der Waals surface area (Å²) in [5.41, 5.74) is 0.575. The monoisotopic (exact) mass is 376 g/mol. The van der Waals surface area contributed by atoms with Crippen LogP contribution in [0.2, 0.25) is 0 Å². The van der Waals surface area contributed by atoms with Crippen LogP contribution in [0.3, 0.4) is 0 Å². The molecule has 0 bridgehead atoms. The summed E-state index contributed by atoms with van der Waals surface area (Å²) in [6.45, 7) is 0. The zero-order valence-electron chi connectivity index (χ0n) is 13.4. The molecule has 1 aliphatic heterocycles. The van der Waals surface area contributed by atoms with E-state index in [0.29, 0.717) is 10.6 Å². The average molecular weight is 376 g/mol. The summed E-state index contributed by atoms with van der Waals surface area (Å²) in [6.07, 6.45) is 0.979. The summed E-state index contributed by atoms with van der Waals surface area (Å²) in [5, 5.41) is 0. The number of carbonyl (C=O) groups is 1. The minimum absolute atomic E-state index is 0.267. The maximum absolute atomic E-state index is 12.7. The third kappa shape index (κ3) is 2.94. The zero-order chi connectivity index (χ0) is 18.2. The Kier molecular flexibility index (Phi) is 4.18. The lowest BCUT2D eigenvalue weighted by Crippen LogP contribution is -2.37. The number of sulfonamides is 1. The predicted molar refractivity (Wildman–Crippen MR) is 99.3 cm³/mol. The van der Waals surface area contributed by atoms with Crippen LogP contribution in [0.5, 0.6) is 0 Å². The fourth-order valence-corrected chi connectivity index (χ4v) is 4.85. The van der Waals surface area contributed by atoms with Gasteiger partial charge in [0, 0.05) is 23.7 Å². The molecule has 25 heavy (non-hydrogen) atoms. The number of rotatable bonds is 3. The largest absolute Gasteiger partial charge is 0.315 e. The summed E-state index contributed by atoms with van der Waals surface area (Å²) in [4.78, 5) is 12.5. The summed E-state index contributed by atoms with van der Waals surface area (Å²) >= 11 is 0. The first kappa shape index (κ1) is 17.2. The van der Waals surface area contributed by atoms with Crippen molar-refractivity contribution in [2.24, 2.45) is 0 Å². The van der Waals surface area contributed by atoms with Crippen molar-refractivity contribution in [1.82, 2.24) is 4.72 Å². The van der Waals surface area contributed by atoms with E-state index in [1.54, 1.807) is 54.6 Å². The van der Waals surface area contributed by atoms with Crippen molar-refractivity contribution in [1.29, 1.82) is 0 Å². The van der Waals surface area contributed by atoms with E-state index in [-0.39, 0.29) is 5.56 Å². The van der Waals surface area contributed by atoms with Crippen LogP contribution in [0.15, 0.2) is 70.6 Å². The minimum Gasteiger partial charge on any atom is -0.315 e. The summed E-state index contributed by atoms with van der Waals surface area (Å²) in [7, 11) is -5.66. The van der Waals surface area contributed by atoms with Crippen molar-refractivity contribution < 1.29 is 17.4 Å². The molecule has 0 saturated carbocycles. The number of allylic oxidation sites excluding steroid dienone is 1. The quantitative estimate of drug-likeness (QED) is 0.654. The van der Waals surface area contributed by atoms with Gasteiger partial charge in [0.2, 0.25) is 5.78 Å². The Morgan fingerprint density at radius 2 is 1.68 bits per heavy atom. The summed E-state index contributed by atoms with van der Waals surface area (Å²) < 4.78 is 41.5. The van der Waals surface area contributed by atoms with Crippen LogP contribution in [0.1, 0.15) is 10.4 Å². The van der Waals surface area contributed by atoms with E-state index in [2.05, 4.69) is 10.6 Å². The molecule has 0 saturated heterocycles. The zero-order valence-corrected chi connectivity index (χ0v) is 15.0. The van der Waals surface area contributed by atoms with Crippen molar-refractivity contribution in [2.45, 2.75) is 4.90 Å². The highest BCUT2D eigenvalue weighted by molar-refractivity contribution is 7.99. The van der Waals surface area contributed by atoms with Crippen LogP contribution in [0.25, 0.3) is 0 Å². The van der Waals surface area contributed by atoms with Crippen LogP contribution < -0.4 is 9.03 Å². The molecular formula is C17H16N2O4S2. The van der Waals surface area contributed by atoms with E-state index >= 15 is 0 Å². The molecule has 1 unspecified atom stereocenters. The Bertz CT molecular complexity index is 1070. The molecule has 0 radical (unpaired) electrons. The number of para-hydroxylation sites is 1. The highest BCUT2D eigenvalue weighted by atomic mass is 32.2. The number of fused-ring (bicyclic) bond motifs is 1. The second-order valence-corrected chi connectivity index (χ2v) is 9.43. The van der Waals surface area contributed by atoms with Crippen molar-refractivity contribution in [3.8, 4) is 0 Å². The number of nitrogens with one attached hydrogen (secondary N) is 1. The van der Waals surface area contributed by atoms with Gasteiger partial charge in [0.15, 0.2) is 4.91 Å². The van der Waals surface area contributed by atoms with Crippen LogP contribution in [0.4, 0.5) is 5.69 Å². The molecule has 1 aliphatic rings. The number of hydrogen-bond donors (Lipinski definition) is 1. The Labute approximate surface area is 147 Å². The topological polar surface area (TPSA) is 83.6 Å². The molecular weight excluding hydrogens is 360 g/mol. The number of nitrogens with zero attached hydrogens (tertiary/aromatic N) is 1. The second-order valence-electron chi connectivity index (χ2n) is 5.43. The van der Waals surface area contributed by atoms with Crippen LogP contribution in [-0.2, 0) is 19.7 Å². The van der Waals surface area contributed by atoms with E-state index in [4.69, 9.17) is 0 Å². The van der Waals surface area contributed by atoms with Gasteiger partial charge in [-0.25, -0.2) is 12.6 Å². The van der Waals surface area contributed by atoms with Gasteiger partial charge in [-0.2, -0.15) is 0 Å². The molecule has 1 heterocycles. The highest BCUT2D eigenvalue weighted by Gasteiger charge is 2.38. The summed E-state index contributed by atoms with van der Waals surface area (Å²) in [6, 6.07) is 14.8. The standard InChI is InChI=1S/C17H16N2O4S2/c1-19-15-11-7-6-10-14(15)17(20)16(25(19,22)23)12-18-24(2,21)13-8-4-3-5-9-13/h3-12H,2H2,1H3,(H,18,21)/b16-12-. The number of anilines is 1. The molecule has 0 aliphatic carbocycles. The number of Topliss-reactive ketones (excluding diaryl/α,β-unsaturated/α-hetero) is 1. The molecule has 0 amide bonds. The fraction of sp³-hybridized carbons (Fsp3) is 0.0588. The third-order valence-electron chi connectivity index (χ3n) is 3.85. The maximum Gasteiger partial charge on any atom is 0.269 e. The van der Waals surface area contributed by atoms with E-state index in [1.807, 2.05) is 0 Å². The van der Waals surface area contributed by atoms with Gasteiger partial charge >= 0.3 is 0 Å². The second kappa shape index (κ2) is 6.05. The predicted octanol–water partition coefficient (Wildman–Crippen LogP) is 1.77. The van der Waals surface area contributed by atoms with Crippen LogP contribution in [-0.4, -0.2) is 31.3 Å². The van der Waals surface area contributed by atoms with Crippen molar-refractivity contribution in [3.05, 3.63) is 71.3 Å². The Morgan fingerprint density at radius 3 is 2.36 bits per heavy atom. The SMILES string of the molecule is C=S(=O)(N/C=C1/C(=O)c2ccccc2N(C)S1(=O)=O)c1ccccc1. The van der Waals surface area contributed by atoms with E-state index in [1.165, 1.54) is 7.05 Å². The molecule has 8 heteroatoms. The minimum atomic E-state index is -4.04. The van der Waals surface area contributed by atoms with Gasteiger partial charge in [-0.3, -0.25) is 9.10 Å². The molecule has 0 spiro atoms. The lowest BCUT2D eigenvalue weighted by Gasteiger charge is -2.27. The molecule has 6 nitrogen and oxygen atoms in total. The molecule has 3 rings (SSSR count). The first-order valence-electron chi connectivity index (χ1n) is 7.27. The first-order chi connectivity index (χ1) is 11.7. The van der Waals surface area contributed by atoms with Gasteiger partial charge in [0.05, 0.1) is 15.4 Å². The lowest BCUT2D eigenvalue weighted by molar-refractivity contribution is 0.104. The van der Waals surface area contributed by atoms with Gasteiger partial charge in [-0.1, -0.05) is 30.3 Å². The molecule has 130 valence electrons. The Morgan fingerprint density at radius 1 is 1.08 bits per heavy atom. The van der Waals surface area contributed by atoms with Gasteiger partial charge in [0.1, 0.15) is 0 Å². The number of carbonyl (C=O) groups excluding carboxylic acids is 1. The molecule has 2 aromatic rings. The number of hydrogen-bond acceptors (Lipinski definition) is 4. The fourth-order valence-electron chi connectivity index (χ4n) is 2.46. The molecule has 1 atom stereocenters. The van der Waals surface area contributed by atoms with Crippen molar-refractivity contribution in [3.63, 3.8) is 0 Å². The maximum atomic E-state index is 12.7. The smallest absolute Gasteiger partial charge is 0.269 e. The molecule has 0 aromatic heterocycles. The Hall–Kier alpha value is -2.58. The normalized spacial score (nSPS) is 20.0. The molecule has 0 fully saturated rings. The number of ketones is 1. The van der Waals surface area contributed by atoms with Crippen LogP contribution >= 0.6 is 0 Å². The van der Waals surface area contributed by atoms with Gasteiger partial charge in [0.25, 0.3) is 10.0 Å². The lowest BCUT2D eigenvalue weighted by atomic mass is 10.1. The van der Waals surface area contributed by atoms with Gasteiger partial charge in [-0.15, -0.1) is 0 Å². The highest BCUT2D eigenvalue weighted by Crippen LogP contribution is 2.33. The molecule has 2 aromatic carbocycles. The average Bonchev–Trinajstić information content (AvgIpc) is 2.60. The summed E-state index contributed by atoms with van der Waals surface area (Å²) in [5.74, 6) is 2.96. The third-order valence-corrected chi connectivity index (χ3v) is 7.16. The van der Waals surface area contributed by atoms with E-state index < -0.39 is 30.4 Å². The van der Waals surface area contributed by atoms with Gasteiger partial charge < -0.3 is 4.72 Å². The van der Waals surface area contributed by atoms with Gasteiger partial charge in [-0.05, 0) is 30.1 Å². The number of benzene rings is 2. The Balaban J connectivity index is 2.05. The van der Waals surface area contributed by atoms with E-state index in [0.717, 1.165) is 10.5 Å². The first-order valence-corrected chi connectivity index (χ1v) is 10.4. The van der Waals surface area contributed by atoms with Crippen molar-refractivity contribution >= 4 is 37.1 Å². The van der Waals surface area contributed by atoms with Crippen molar-refractivity contribution in [2.75, 3.05) is 11.4 Å². The van der Waals surface area contributed by atoms with Crippen LogP contribution in [0, 0.1) is 0 Å².